The first-order valence-corrected chi connectivity index (χ1v) is 6.29. The maximum atomic E-state index is 12.4. The number of hydrogen-bond acceptors (Lipinski definition) is 5. The van der Waals surface area contributed by atoms with Crippen molar-refractivity contribution in [1.29, 1.82) is 0 Å². The molecule has 0 bridgehead atoms. The van der Waals surface area contributed by atoms with E-state index in [0.717, 1.165) is 11.3 Å². The van der Waals surface area contributed by atoms with Crippen molar-refractivity contribution in [2.45, 2.75) is 19.5 Å². The Morgan fingerprint density at radius 2 is 2.00 bits per heavy atom. The summed E-state index contributed by atoms with van der Waals surface area (Å²) in [7, 11) is 3.16. The van der Waals surface area contributed by atoms with Gasteiger partial charge in [-0.05, 0) is 18.2 Å². The Hall–Kier alpha value is -2.15. The molecule has 0 spiro atoms. The van der Waals surface area contributed by atoms with E-state index < -0.39 is 12.2 Å². The van der Waals surface area contributed by atoms with Gasteiger partial charge in [-0.15, -0.1) is 0 Å². The van der Waals surface area contributed by atoms with Crippen LogP contribution in [0.5, 0.6) is 11.5 Å². The van der Waals surface area contributed by atoms with Gasteiger partial charge in [-0.1, -0.05) is 5.16 Å². The lowest BCUT2D eigenvalue weighted by Gasteiger charge is -2.10. The number of rotatable bonds is 7. The van der Waals surface area contributed by atoms with E-state index in [1.54, 1.807) is 26.4 Å². The van der Waals surface area contributed by atoms with E-state index in [9.17, 15) is 8.78 Å². The van der Waals surface area contributed by atoms with Crippen molar-refractivity contribution in [3.63, 3.8) is 0 Å². The highest BCUT2D eigenvalue weighted by Crippen LogP contribution is 2.24. The fourth-order valence-corrected chi connectivity index (χ4v) is 1.86. The number of halogens is 2. The van der Waals surface area contributed by atoms with Crippen LogP contribution in [-0.4, -0.2) is 19.4 Å². The maximum Gasteiger partial charge on any atom is 0.298 e. The molecule has 0 atom stereocenters. The van der Waals surface area contributed by atoms with Crippen LogP contribution in [0.15, 0.2) is 28.8 Å². The van der Waals surface area contributed by atoms with Gasteiger partial charge in [0.2, 0.25) is 5.76 Å². The fourth-order valence-electron chi connectivity index (χ4n) is 1.86. The zero-order valence-corrected chi connectivity index (χ0v) is 11.7. The van der Waals surface area contributed by atoms with Gasteiger partial charge in [-0.3, -0.25) is 0 Å². The standard InChI is InChI=1S/C14H16F2N2O3/c1-19-11-3-4-12(20-2)9(5-11)7-17-8-10-6-13(14(15)16)21-18-10/h3-6,14,17H,7-8H2,1-2H3. The van der Waals surface area contributed by atoms with Gasteiger partial charge in [0.1, 0.15) is 11.5 Å². The molecule has 1 aromatic heterocycles. The molecule has 1 aromatic carbocycles. The predicted octanol–water partition coefficient (Wildman–Crippen LogP) is 2.92. The van der Waals surface area contributed by atoms with Crippen LogP contribution >= 0.6 is 0 Å². The lowest BCUT2D eigenvalue weighted by Crippen LogP contribution is -2.13. The Morgan fingerprint density at radius 3 is 2.62 bits per heavy atom. The van der Waals surface area contributed by atoms with Gasteiger partial charge in [-0.25, -0.2) is 8.78 Å². The molecular weight excluding hydrogens is 282 g/mol. The van der Waals surface area contributed by atoms with Crippen molar-refractivity contribution in [3.8, 4) is 11.5 Å². The molecule has 0 saturated carbocycles. The van der Waals surface area contributed by atoms with E-state index >= 15 is 0 Å². The molecule has 0 fully saturated rings. The minimum atomic E-state index is -2.65. The smallest absolute Gasteiger partial charge is 0.298 e. The Kier molecular flexibility index (Phi) is 5.10. The summed E-state index contributed by atoms with van der Waals surface area (Å²) in [6.45, 7) is 0.799. The highest BCUT2D eigenvalue weighted by Gasteiger charge is 2.14. The van der Waals surface area contributed by atoms with Gasteiger partial charge in [-0.2, -0.15) is 0 Å². The summed E-state index contributed by atoms with van der Waals surface area (Å²) in [6.07, 6.45) is -2.65. The van der Waals surface area contributed by atoms with Crippen LogP contribution in [0.3, 0.4) is 0 Å². The molecule has 1 N–H and O–H groups in total. The maximum absolute atomic E-state index is 12.4. The van der Waals surface area contributed by atoms with E-state index in [2.05, 4.69) is 15.0 Å². The van der Waals surface area contributed by atoms with Gasteiger partial charge in [0.05, 0.1) is 19.9 Å². The fraction of sp³-hybridized carbons (Fsp3) is 0.357. The van der Waals surface area contributed by atoms with E-state index in [1.807, 2.05) is 6.07 Å². The zero-order valence-electron chi connectivity index (χ0n) is 11.7. The number of benzene rings is 1. The van der Waals surface area contributed by atoms with Crippen LogP contribution in [0.4, 0.5) is 8.78 Å². The van der Waals surface area contributed by atoms with E-state index in [-0.39, 0.29) is 0 Å². The highest BCUT2D eigenvalue weighted by atomic mass is 19.3. The molecular formula is C14H16F2N2O3. The lowest BCUT2D eigenvalue weighted by atomic mass is 10.2. The third-order valence-corrected chi connectivity index (χ3v) is 2.90. The van der Waals surface area contributed by atoms with Crippen molar-refractivity contribution >= 4 is 0 Å². The second kappa shape index (κ2) is 7.03. The largest absolute Gasteiger partial charge is 0.497 e. The zero-order chi connectivity index (χ0) is 15.2. The van der Waals surface area contributed by atoms with Gasteiger partial charge >= 0.3 is 0 Å². The highest BCUT2D eigenvalue weighted by molar-refractivity contribution is 5.40. The monoisotopic (exact) mass is 298 g/mol. The third kappa shape index (κ3) is 3.91. The van der Waals surface area contributed by atoms with Crippen molar-refractivity contribution in [1.82, 2.24) is 10.5 Å². The number of aromatic nitrogens is 1. The molecule has 0 aliphatic heterocycles. The summed E-state index contributed by atoms with van der Waals surface area (Å²) < 4.78 is 39.7. The minimum absolute atomic E-state index is 0.316. The quantitative estimate of drug-likeness (QED) is 0.851. The van der Waals surface area contributed by atoms with Gasteiger partial charge in [0.15, 0.2) is 0 Å². The van der Waals surface area contributed by atoms with Gasteiger partial charge in [0.25, 0.3) is 6.43 Å². The van der Waals surface area contributed by atoms with Crippen LogP contribution in [0.1, 0.15) is 23.4 Å². The van der Waals surface area contributed by atoms with Crippen LogP contribution in [0, 0.1) is 0 Å². The third-order valence-electron chi connectivity index (χ3n) is 2.90. The second-order valence-electron chi connectivity index (χ2n) is 4.30. The van der Waals surface area contributed by atoms with E-state index in [4.69, 9.17) is 9.47 Å². The number of alkyl halides is 2. The predicted molar refractivity (Wildman–Crippen MR) is 71.5 cm³/mol. The topological polar surface area (TPSA) is 56.5 Å². The first-order valence-electron chi connectivity index (χ1n) is 6.29. The molecule has 0 radical (unpaired) electrons. The van der Waals surface area contributed by atoms with E-state index in [1.165, 1.54) is 6.07 Å². The first-order chi connectivity index (χ1) is 10.1. The van der Waals surface area contributed by atoms with Crippen molar-refractivity contribution in [2.75, 3.05) is 14.2 Å². The number of nitrogens with one attached hydrogen (secondary N) is 1. The van der Waals surface area contributed by atoms with Crippen LogP contribution in [0.2, 0.25) is 0 Å². The van der Waals surface area contributed by atoms with E-state index in [0.29, 0.717) is 24.5 Å². The molecule has 114 valence electrons. The Balaban J connectivity index is 1.96. The molecule has 21 heavy (non-hydrogen) atoms. The van der Waals surface area contributed by atoms with Crippen molar-refractivity contribution in [3.05, 3.63) is 41.3 Å². The summed E-state index contributed by atoms with van der Waals surface area (Å²) >= 11 is 0. The lowest BCUT2D eigenvalue weighted by molar-refractivity contribution is 0.112. The molecule has 2 aromatic rings. The Bertz CT molecular complexity index is 587. The molecule has 0 saturated heterocycles. The normalized spacial score (nSPS) is 10.9. The Labute approximate surface area is 120 Å². The Morgan fingerprint density at radius 1 is 1.19 bits per heavy atom. The molecule has 1 heterocycles. The van der Waals surface area contributed by atoms with Crippen LogP contribution < -0.4 is 14.8 Å². The molecule has 7 heteroatoms. The summed E-state index contributed by atoms with van der Waals surface area (Å²) in [5.41, 5.74) is 1.32. The van der Waals surface area contributed by atoms with Crippen LogP contribution in [0.25, 0.3) is 0 Å². The number of methoxy groups -OCH3 is 2. The summed E-state index contributed by atoms with van der Waals surface area (Å²) in [5, 5.41) is 6.66. The average Bonchev–Trinajstić information content (AvgIpc) is 2.96. The van der Waals surface area contributed by atoms with Gasteiger partial charge < -0.3 is 19.3 Å². The van der Waals surface area contributed by atoms with Crippen molar-refractivity contribution < 1.29 is 22.8 Å². The molecule has 5 nitrogen and oxygen atoms in total. The second-order valence-corrected chi connectivity index (χ2v) is 4.30. The average molecular weight is 298 g/mol. The first kappa shape index (κ1) is 15.2. The summed E-state index contributed by atoms with van der Waals surface area (Å²) in [5.74, 6) is 1.01. The molecule has 0 aliphatic rings. The molecule has 0 amide bonds. The summed E-state index contributed by atoms with van der Waals surface area (Å²) in [4.78, 5) is 0. The molecule has 0 aliphatic carbocycles. The summed E-state index contributed by atoms with van der Waals surface area (Å²) in [6, 6.07) is 6.69. The number of hydrogen-bond donors (Lipinski definition) is 1. The van der Waals surface area contributed by atoms with Crippen LogP contribution in [-0.2, 0) is 13.1 Å². The van der Waals surface area contributed by atoms with Crippen molar-refractivity contribution in [2.24, 2.45) is 0 Å². The minimum Gasteiger partial charge on any atom is -0.497 e. The SMILES string of the molecule is COc1ccc(OC)c(CNCc2cc(C(F)F)on2)c1. The molecule has 2 rings (SSSR count). The number of ether oxygens (including phenoxy) is 2. The molecule has 0 unspecified atom stereocenters. The van der Waals surface area contributed by atoms with Gasteiger partial charge in [0, 0.05) is 24.7 Å². The number of nitrogens with zero attached hydrogens (tertiary/aromatic N) is 1.